The van der Waals surface area contributed by atoms with Crippen molar-refractivity contribution in [3.63, 3.8) is 0 Å². The molecule has 0 saturated carbocycles. The Kier molecular flexibility index (Phi) is 4.15. The second-order valence-electron chi connectivity index (χ2n) is 6.48. The quantitative estimate of drug-likeness (QED) is 0.500. The van der Waals surface area contributed by atoms with Gasteiger partial charge in [0, 0.05) is 21.5 Å². The van der Waals surface area contributed by atoms with Crippen LogP contribution in [0.25, 0.3) is 0 Å². The summed E-state index contributed by atoms with van der Waals surface area (Å²) in [5.74, 6) is 0.940. The van der Waals surface area contributed by atoms with Gasteiger partial charge in [-0.25, -0.2) is 5.01 Å². The average Bonchev–Trinajstić information content (AvgIpc) is 3.32. The highest BCUT2D eigenvalue weighted by Crippen LogP contribution is 2.49. The maximum atomic E-state index is 10.4. The number of fused-ring (bicyclic) bond motifs is 3. The Balaban J connectivity index is 1.65. The molecule has 0 amide bonds. The van der Waals surface area contributed by atoms with Gasteiger partial charge in [0.2, 0.25) is 6.23 Å². The molecule has 2 atom stereocenters. The number of rotatable bonds is 2. The van der Waals surface area contributed by atoms with Gasteiger partial charge in [-0.15, -0.1) is 11.3 Å². The van der Waals surface area contributed by atoms with Crippen LogP contribution < -0.4 is 4.74 Å². The van der Waals surface area contributed by atoms with Gasteiger partial charge in [0.1, 0.15) is 11.5 Å². The van der Waals surface area contributed by atoms with Crippen LogP contribution >= 0.6 is 38.9 Å². The Bertz CT molecular complexity index is 1050. The molecule has 5 rings (SSSR count). The standard InChI is InChI=1S/C20H14BrClN2O2S/c21-11-3-6-18-13(8-11)16-10-15(19-2-1-7-27-19)23-24(16)20(26-18)14-9-12(22)4-5-17(14)25/h1-9,16,20,25H,10H2/t16-,20+/m1/s1. The van der Waals surface area contributed by atoms with Crippen molar-refractivity contribution >= 4 is 44.6 Å². The van der Waals surface area contributed by atoms with Gasteiger partial charge in [-0.2, -0.15) is 5.10 Å². The summed E-state index contributed by atoms with van der Waals surface area (Å²) < 4.78 is 7.27. The summed E-state index contributed by atoms with van der Waals surface area (Å²) in [5.41, 5.74) is 2.72. The third-order valence-corrected chi connectivity index (χ3v) is 6.46. The van der Waals surface area contributed by atoms with Crippen molar-refractivity contribution < 1.29 is 9.84 Å². The van der Waals surface area contributed by atoms with Gasteiger partial charge in [-0.3, -0.25) is 0 Å². The summed E-state index contributed by atoms with van der Waals surface area (Å²) in [5, 5.41) is 19.8. The van der Waals surface area contributed by atoms with Crippen LogP contribution in [-0.4, -0.2) is 15.8 Å². The van der Waals surface area contributed by atoms with Crippen molar-refractivity contribution in [2.24, 2.45) is 5.10 Å². The van der Waals surface area contributed by atoms with Gasteiger partial charge in [-0.1, -0.05) is 33.6 Å². The smallest absolute Gasteiger partial charge is 0.217 e. The van der Waals surface area contributed by atoms with E-state index in [2.05, 4.69) is 33.4 Å². The number of halogens is 2. The minimum absolute atomic E-state index is 0.0340. The van der Waals surface area contributed by atoms with Crippen LogP contribution in [0.3, 0.4) is 0 Å². The largest absolute Gasteiger partial charge is 0.507 e. The SMILES string of the molecule is Oc1ccc(Cl)cc1[C@@H]1Oc2ccc(Br)cc2[C@H]2CC(c3cccs3)=NN21. The van der Waals surface area contributed by atoms with Crippen LogP contribution in [0.15, 0.2) is 63.5 Å². The summed E-state index contributed by atoms with van der Waals surface area (Å²) >= 11 is 11.4. The van der Waals surface area contributed by atoms with Crippen molar-refractivity contribution in [2.75, 3.05) is 0 Å². The zero-order valence-corrected chi connectivity index (χ0v) is 17.1. The number of nitrogens with zero attached hydrogens (tertiary/aromatic N) is 2. The number of hydrogen-bond donors (Lipinski definition) is 1. The lowest BCUT2D eigenvalue weighted by atomic mass is 9.97. The molecule has 3 aromatic rings. The first kappa shape index (κ1) is 17.1. The van der Waals surface area contributed by atoms with Crippen molar-refractivity contribution in [2.45, 2.75) is 18.7 Å². The molecule has 2 aliphatic heterocycles. The fraction of sp³-hybridized carbons (Fsp3) is 0.150. The predicted molar refractivity (Wildman–Crippen MR) is 111 cm³/mol. The van der Waals surface area contributed by atoms with E-state index >= 15 is 0 Å². The minimum atomic E-state index is -0.542. The fourth-order valence-electron chi connectivity index (χ4n) is 3.58. The first-order valence-corrected chi connectivity index (χ1v) is 10.5. The number of ether oxygens (including phenoxy) is 1. The van der Waals surface area contributed by atoms with Crippen molar-refractivity contribution in [3.8, 4) is 11.5 Å². The molecule has 0 radical (unpaired) electrons. The molecule has 0 unspecified atom stereocenters. The maximum Gasteiger partial charge on any atom is 0.217 e. The van der Waals surface area contributed by atoms with Gasteiger partial charge in [-0.05, 0) is 47.8 Å². The molecule has 2 aliphatic rings. The van der Waals surface area contributed by atoms with E-state index < -0.39 is 6.23 Å². The molecule has 1 N–H and O–H groups in total. The molecule has 136 valence electrons. The number of hydrogen-bond acceptors (Lipinski definition) is 5. The van der Waals surface area contributed by atoms with Gasteiger partial charge in [0.25, 0.3) is 0 Å². The van der Waals surface area contributed by atoms with E-state index in [-0.39, 0.29) is 11.8 Å². The Labute approximate surface area is 173 Å². The Morgan fingerprint density at radius 1 is 1.19 bits per heavy atom. The predicted octanol–water partition coefficient (Wildman–Crippen LogP) is 6.11. The van der Waals surface area contributed by atoms with E-state index in [0.29, 0.717) is 10.6 Å². The number of benzene rings is 2. The summed E-state index contributed by atoms with van der Waals surface area (Å²) in [6.07, 6.45) is 0.241. The normalized spacial score (nSPS) is 20.7. The van der Waals surface area contributed by atoms with Gasteiger partial charge < -0.3 is 9.84 Å². The van der Waals surface area contributed by atoms with Crippen LogP contribution in [-0.2, 0) is 0 Å². The molecule has 1 aromatic heterocycles. The highest BCUT2D eigenvalue weighted by atomic mass is 79.9. The highest BCUT2D eigenvalue weighted by molar-refractivity contribution is 9.10. The first-order valence-electron chi connectivity index (χ1n) is 8.44. The van der Waals surface area contributed by atoms with Gasteiger partial charge >= 0.3 is 0 Å². The molecule has 4 nitrogen and oxygen atoms in total. The molecule has 0 aliphatic carbocycles. The molecular weight excluding hydrogens is 448 g/mol. The van der Waals surface area contributed by atoms with Gasteiger partial charge in [0.05, 0.1) is 22.2 Å². The summed E-state index contributed by atoms with van der Waals surface area (Å²) in [4.78, 5) is 1.15. The lowest BCUT2D eigenvalue weighted by Gasteiger charge is -2.38. The number of phenolic OH excluding ortho intramolecular Hbond substituents is 1. The van der Waals surface area contributed by atoms with E-state index in [9.17, 15) is 5.11 Å². The second-order valence-corrected chi connectivity index (χ2v) is 8.78. The van der Waals surface area contributed by atoms with Crippen LogP contribution in [0.2, 0.25) is 5.02 Å². The lowest BCUT2D eigenvalue weighted by Crippen LogP contribution is -2.33. The third kappa shape index (κ3) is 2.92. The summed E-state index contributed by atoms with van der Waals surface area (Å²) in [6.45, 7) is 0. The fourth-order valence-corrected chi connectivity index (χ4v) is 4.86. The Hall–Kier alpha value is -2.02. The zero-order chi connectivity index (χ0) is 18.5. The average molecular weight is 462 g/mol. The molecule has 0 saturated heterocycles. The molecule has 0 bridgehead atoms. The van der Waals surface area contributed by atoms with E-state index in [1.54, 1.807) is 29.5 Å². The minimum Gasteiger partial charge on any atom is -0.507 e. The topological polar surface area (TPSA) is 45.1 Å². The van der Waals surface area contributed by atoms with Gasteiger partial charge in [0.15, 0.2) is 0 Å². The lowest BCUT2D eigenvalue weighted by molar-refractivity contribution is -0.0203. The zero-order valence-electron chi connectivity index (χ0n) is 14.0. The third-order valence-electron chi connectivity index (χ3n) is 4.81. The molecular formula is C20H14BrClN2O2S. The Morgan fingerprint density at radius 3 is 2.89 bits per heavy atom. The first-order chi connectivity index (χ1) is 13.1. The number of hydrazone groups is 1. The monoisotopic (exact) mass is 460 g/mol. The van der Waals surface area contributed by atoms with Crippen molar-refractivity contribution in [3.05, 3.63) is 79.4 Å². The van der Waals surface area contributed by atoms with Crippen LogP contribution in [0, 0.1) is 0 Å². The van der Waals surface area contributed by atoms with E-state index in [1.807, 2.05) is 23.2 Å². The van der Waals surface area contributed by atoms with E-state index in [1.165, 1.54) is 0 Å². The second kappa shape index (κ2) is 6.55. The molecule has 3 heterocycles. The van der Waals surface area contributed by atoms with Crippen molar-refractivity contribution in [1.82, 2.24) is 5.01 Å². The van der Waals surface area contributed by atoms with Crippen LogP contribution in [0.1, 0.15) is 34.7 Å². The van der Waals surface area contributed by atoms with Crippen molar-refractivity contribution in [1.29, 1.82) is 0 Å². The summed E-state index contributed by atoms with van der Waals surface area (Å²) in [7, 11) is 0. The molecule has 27 heavy (non-hydrogen) atoms. The van der Waals surface area contributed by atoms with E-state index in [4.69, 9.17) is 21.4 Å². The summed E-state index contributed by atoms with van der Waals surface area (Å²) in [6, 6.07) is 15.1. The molecule has 2 aromatic carbocycles. The number of aromatic hydroxyl groups is 1. The molecule has 0 spiro atoms. The molecule has 7 heteroatoms. The highest BCUT2D eigenvalue weighted by Gasteiger charge is 2.42. The number of thiophene rings is 1. The maximum absolute atomic E-state index is 10.4. The Morgan fingerprint density at radius 2 is 2.07 bits per heavy atom. The van der Waals surface area contributed by atoms with Crippen LogP contribution in [0.4, 0.5) is 0 Å². The molecule has 0 fully saturated rings. The van der Waals surface area contributed by atoms with Crippen LogP contribution in [0.5, 0.6) is 11.5 Å². The van der Waals surface area contributed by atoms with E-state index in [0.717, 1.165) is 32.8 Å². The number of phenols is 1.